The Hall–Kier alpha value is -4.29. The Morgan fingerprint density at radius 2 is 1.54 bits per heavy atom. The van der Waals surface area contributed by atoms with Gasteiger partial charge in [-0.05, 0) is 55.0 Å². The van der Waals surface area contributed by atoms with Crippen LogP contribution in [0.2, 0.25) is 0 Å². The average molecular weight is 599 g/mol. The van der Waals surface area contributed by atoms with Crippen LogP contribution in [0.25, 0.3) is 22.0 Å². The van der Waals surface area contributed by atoms with E-state index in [9.17, 15) is 30.4 Å². The van der Waals surface area contributed by atoms with Gasteiger partial charge < -0.3 is 9.30 Å². The van der Waals surface area contributed by atoms with E-state index in [0.29, 0.717) is 17.2 Å². The summed E-state index contributed by atoms with van der Waals surface area (Å²) in [6.45, 7) is 1.82. The molecule has 0 radical (unpaired) electrons. The number of rotatable bonds is 7. The van der Waals surface area contributed by atoms with Crippen molar-refractivity contribution in [3.8, 4) is 22.6 Å². The normalized spacial score (nSPS) is 12.1. The van der Waals surface area contributed by atoms with E-state index < -0.39 is 37.1 Å². The van der Waals surface area contributed by atoms with Crippen molar-refractivity contribution in [2.75, 3.05) is 6.26 Å². The van der Waals surface area contributed by atoms with E-state index in [1.54, 1.807) is 12.1 Å². The molecule has 0 aliphatic rings. The highest BCUT2D eigenvalue weighted by atomic mass is 32.2. The summed E-state index contributed by atoms with van der Waals surface area (Å²) >= 11 is 0. The Bertz CT molecular complexity index is 2100. The molecule has 41 heavy (non-hydrogen) atoms. The molecule has 0 bridgehead atoms. The maximum absolute atomic E-state index is 14.5. The Morgan fingerprint density at radius 3 is 2.20 bits per heavy atom. The van der Waals surface area contributed by atoms with E-state index in [1.807, 2.05) is 6.92 Å². The van der Waals surface area contributed by atoms with Gasteiger partial charge in [-0.3, -0.25) is 4.79 Å². The van der Waals surface area contributed by atoms with E-state index >= 15 is 0 Å². The van der Waals surface area contributed by atoms with Crippen molar-refractivity contribution in [3.05, 3.63) is 112 Å². The number of hydrogen-bond acceptors (Lipinski definition) is 6. The second-order valence-electron chi connectivity index (χ2n) is 9.73. The Balaban J connectivity index is 1.76. The Morgan fingerprint density at radius 1 is 0.854 bits per heavy atom. The quantitative estimate of drug-likeness (QED) is 0.256. The van der Waals surface area contributed by atoms with Crippen molar-refractivity contribution < 1.29 is 30.4 Å². The van der Waals surface area contributed by atoms with Gasteiger partial charge in [0, 0.05) is 48.3 Å². The highest BCUT2D eigenvalue weighted by Gasteiger charge is 2.24. The molecule has 0 atom stereocenters. The van der Waals surface area contributed by atoms with Crippen molar-refractivity contribution in [3.63, 3.8) is 0 Å². The van der Waals surface area contributed by atoms with Gasteiger partial charge in [-0.15, -0.1) is 0 Å². The summed E-state index contributed by atoms with van der Waals surface area (Å²) < 4.78 is 87.1. The predicted octanol–water partition coefficient (Wildman–Crippen LogP) is 5.17. The molecule has 0 aliphatic carbocycles. The number of halogens is 2. The molecule has 0 amide bonds. The molecular formula is C29H24F2N2O6S2. The minimum absolute atomic E-state index is 0.0148. The maximum Gasteiger partial charge on any atom is 0.275 e. The van der Waals surface area contributed by atoms with Crippen molar-refractivity contribution in [2.24, 2.45) is 7.05 Å². The first-order chi connectivity index (χ1) is 19.2. The van der Waals surface area contributed by atoms with Crippen LogP contribution >= 0.6 is 0 Å². The summed E-state index contributed by atoms with van der Waals surface area (Å²) in [5, 5.41) is 0.240. The molecule has 0 aliphatic heterocycles. The fourth-order valence-corrected chi connectivity index (χ4v) is 6.64. The minimum Gasteiger partial charge on any atom is -0.454 e. The fourth-order valence-electron chi connectivity index (χ4n) is 4.51. The van der Waals surface area contributed by atoms with Crippen LogP contribution in [0.3, 0.4) is 0 Å². The van der Waals surface area contributed by atoms with Gasteiger partial charge >= 0.3 is 0 Å². The second-order valence-corrected chi connectivity index (χ2v) is 13.7. The lowest BCUT2D eigenvalue weighted by Crippen LogP contribution is -2.22. The number of aromatic nitrogens is 2. The van der Waals surface area contributed by atoms with E-state index in [4.69, 9.17) is 4.74 Å². The second kappa shape index (κ2) is 10.3. The lowest BCUT2D eigenvalue weighted by molar-refractivity contribution is 0.439. The van der Waals surface area contributed by atoms with Gasteiger partial charge in [-0.25, -0.2) is 29.6 Å². The molecule has 5 rings (SSSR count). The summed E-state index contributed by atoms with van der Waals surface area (Å²) in [6, 6.07) is 14.9. The van der Waals surface area contributed by atoms with Crippen LogP contribution < -0.4 is 10.3 Å². The van der Waals surface area contributed by atoms with Crippen LogP contribution in [-0.2, 0) is 32.7 Å². The van der Waals surface area contributed by atoms with Crippen LogP contribution in [-0.4, -0.2) is 31.6 Å². The van der Waals surface area contributed by atoms with Gasteiger partial charge in [0.25, 0.3) is 15.6 Å². The third-order valence-electron chi connectivity index (χ3n) is 6.44. The average Bonchev–Trinajstić information content (AvgIpc) is 3.35. The van der Waals surface area contributed by atoms with Crippen molar-refractivity contribution >= 4 is 30.8 Å². The lowest BCUT2D eigenvalue weighted by Gasteiger charge is -2.16. The molecule has 0 unspecified atom stereocenters. The number of nitrogens with zero attached hydrogens (tertiary/aromatic N) is 2. The van der Waals surface area contributed by atoms with E-state index in [2.05, 4.69) is 0 Å². The zero-order valence-electron chi connectivity index (χ0n) is 22.1. The largest absolute Gasteiger partial charge is 0.454 e. The van der Waals surface area contributed by atoms with Gasteiger partial charge in [0.15, 0.2) is 21.4 Å². The summed E-state index contributed by atoms with van der Waals surface area (Å²) in [5.41, 5.74) is 1.09. The predicted molar refractivity (Wildman–Crippen MR) is 151 cm³/mol. The molecule has 12 heteroatoms. The number of aryl methyl sites for hydroxylation is 2. The summed E-state index contributed by atoms with van der Waals surface area (Å²) in [5.74, 6) is -2.29. The van der Waals surface area contributed by atoms with E-state index in [-0.39, 0.29) is 38.6 Å². The smallest absolute Gasteiger partial charge is 0.275 e. The van der Waals surface area contributed by atoms with Gasteiger partial charge in [-0.1, -0.05) is 23.8 Å². The summed E-state index contributed by atoms with van der Waals surface area (Å²) in [4.78, 5) is 13.3. The summed E-state index contributed by atoms with van der Waals surface area (Å²) in [7, 11) is -6.17. The number of fused-ring (bicyclic) bond motifs is 1. The van der Waals surface area contributed by atoms with Crippen LogP contribution in [0, 0.1) is 18.6 Å². The lowest BCUT2D eigenvalue weighted by atomic mass is 10.0. The van der Waals surface area contributed by atoms with Crippen LogP contribution in [0.1, 0.15) is 11.1 Å². The molecule has 0 fully saturated rings. The number of hydrogen-bond donors (Lipinski definition) is 0. The van der Waals surface area contributed by atoms with Gasteiger partial charge in [0.05, 0.1) is 10.6 Å². The molecule has 2 aromatic heterocycles. The van der Waals surface area contributed by atoms with Crippen LogP contribution in [0.15, 0.2) is 88.8 Å². The zero-order valence-corrected chi connectivity index (χ0v) is 23.8. The van der Waals surface area contributed by atoms with Gasteiger partial charge in [0.2, 0.25) is 0 Å². The molecule has 0 saturated carbocycles. The first-order valence-corrected chi connectivity index (χ1v) is 15.7. The number of sulfone groups is 1. The van der Waals surface area contributed by atoms with Crippen LogP contribution in [0.5, 0.6) is 11.5 Å². The number of ether oxygens (including phenoxy) is 1. The molecule has 3 aromatic carbocycles. The zero-order chi connectivity index (χ0) is 29.7. The van der Waals surface area contributed by atoms with Gasteiger partial charge in [-0.2, -0.15) is 0 Å². The Kier molecular flexibility index (Phi) is 7.08. The maximum atomic E-state index is 14.5. The molecule has 212 valence electrons. The Labute approximate surface area is 235 Å². The third-order valence-corrected chi connectivity index (χ3v) is 8.99. The monoisotopic (exact) mass is 598 g/mol. The molecule has 5 aromatic rings. The molecular weight excluding hydrogens is 574 g/mol. The van der Waals surface area contributed by atoms with E-state index in [0.717, 1.165) is 27.9 Å². The van der Waals surface area contributed by atoms with E-state index in [1.165, 1.54) is 60.4 Å². The fraction of sp³-hybridized carbons (Fsp3) is 0.138. The van der Waals surface area contributed by atoms with Crippen LogP contribution in [0.4, 0.5) is 8.78 Å². The number of pyridine rings is 1. The topological polar surface area (TPSA) is 104 Å². The molecule has 0 N–H and O–H groups in total. The first-order valence-electron chi connectivity index (χ1n) is 12.2. The van der Waals surface area contributed by atoms with Crippen molar-refractivity contribution in [1.82, 2.24) is 8.54 Å². The molecule has 2 heterocycles. The highest BCUT2D eigenvalue weighted by Crippen LogP contribution is 2.39. The summed E-state index contributed by atoms with van der Waals surface area (Å²) in [6.07, 6.45) is 3.80. The first kappa shape index (κ1) is 28.2. The van der Waals surface area contributed by atoms with Crippen molar-refractivity contribution in [2.45, 2.75) is 17.6 Å². The number of benzene rings is 3. The standard InChI is InChI=1S/C29H24F2N2O6S2/c1-18-4-8-21(9-5-18)41(37,38)33-13-12-22-24(16-32(2)29(34)28(22)33)23-14-19(17-40(3,35)36)6-10-26(23)39-27-11-7-20(30)15-25(27)31/h4-16H,17H2,1-3H3. The minimum atomic E-state index is -4.17. The molecule has 8 nitrogen and oxygen atoms in total. The molecule has 0 spiro atoms. The highest BCUT2D eigenvalue weighted by molar-refractivity contribution is 7.90. The van der Waals surface area contributed by atoms with Crippen molar-refractivity contribution in [1.29, 1.82) is 0 Å². The third kappa shape index (κ3) is 5.52. The molecule has 0 saturated heterocycles. The van der Waals surface area contributed by atoms with Gasteiger partial charge in [0.1, 0.15) is 17.1 Å². The SMILES string of the molecule is Cc1ccc(S(=O)(=O)n2ccc3c(-c4cc(CS(C)(=O)=O)ccc4Oc4ccc(F)cc4F)cn(C)c(=O)c32)cc1.